The van der Waals surface area contributed by atoms with Crippen LogP contribution in [-0.2, 0) is 9.53 Å². The molecule has 0 radical (unpaired) electrons. The zero-order chi connectivity index (χ0) is 14.7. The zero-order valence-electron chi connectivity index (χ0n) is 11.5. The van der Waals surface area contributed by atoms with E-state index in [2.05, 4.69) is 4.98 Å². The van der Waals surface area contributed by atoms with E-state index in [9.17, 15) is 9.59 Å². The van der Waals surface area contributed by atoms with Crippen molar-refractivity contribution in [2.24, 2.45) is 0 Å². The Morgan fingerprint density at radius 2 is 2.35 bits per heavy atom. The first-order valence-electron chi connectivity index (χ1n) is 6.55. The lowest BCUT2D eigenvalue weighted by atomic mass is 10.1. The third kappa shape index (κ3) is 3.34. The molecule has 1 fully saturated rings. The number of aliphatic carboxylic acids is 1. The minimum Gasteiger partial charge on any atom is -0.481 e. The number of thiazole rings is 1. The second-order valence-electron chi connectivity index (χ2n) is 5.04. The fraction of sp³-hybridized carbons (Fsp3) is 0.615. The molecule has 1 amide bonds. The molecule has 1 aliphatic rings. The first-order chi connectivity index (χ1) is 9.49. The maximum absolute atomic E-state index is 12.5. The van der Waals surface area contributed by atoms with Gasteiger partial charge in [-0.1, -0.05) is 13.8 Å². The number of rotatable bonds is 4. The number of hydrogen-bond donors (Lipinski definition) is 1. The molecule has 1 aliphatic heterocycles. The maximum Gasteiger partial charge on any atom is 0.305 e. The lowest BCUT2D eigenvalue weighted by molar-refractivity contribution is -0.139. The van der Waals surface area contributed by atoms with Crippen molar-refractivity contribution in [2.45, 2.75) is 32.2 Å². The molecule has 2 rings (SSSR count). The summed E-state index contributed by atoms with van der Waals surface area (Å²) in [4.78, 5) is 29.7. The molecule has 0 bridgehead atoms. The van der Waals surface area contributed by atoms with Gasteiger partial charge in [0, 0.05) is 12.5 Å². The summed E-state index contributed by atoms with van der Waals surface area (Å²) in [7, 11) is 0. The first kappa shape index (κ1) is 14.9. The highest BCUT2D eigenvalue weighted by molar-refractivity contribution is 7.13. The van der Waals surface area contributed by atoms with Crippen molar-refractivity contribution in [1.29, 1.82) is 0 Å². The van der Waals surface area contributed by atoms with Gasteiger partial charge in [-0.2, -0.15) is 0 Å². The monoisotopic (exact) mass is 298 g/mol. The number of carbonyl (C=O) groups is 2. The molecule has 0 saturated carbocycles. The van der Waals surface area contributed by atoms with Gasteiger partial charge in [0.1, 0.15) is 4.88 Å². The number of carboxylic acids is 1. The third-order valence-electron chi connectivity index (χ3n) is 3.13. The van der Waals surface area contributed by atoms with Crippen LogP contribution in [0, 0.1) is 0 Å². The van der Waals surface area contributed by atoms with E-state index >= 15 is 0 Å². The van der Waals surface area contributed by atoms with Crippen LogP contribution in [0.2, 0.25) is 0 Å². The molecule has 0 aliphatic carbocycles. The van der Waals surface area contributed by atoms with E-state index in [1.807, 2.05) is 13.8 Å². The second kappa shape index (κ2) is 6.32. The molecule has 1 aromatic heterocycles. The van der Waals surface area contributed by atoms with E-state index < -0.39 is 12.0 Å². The van der Waals surface area contributed by atoms with Crippen LogP contribution < -0.4 is 0 Å². The van der Waals surface area contributed by atoms with Crippen LogP contribution in [0.5, 0.6) is 0 Å². The van der Waals surface area contributed by atoms with Crippen molar-refractivity contribution in [3.63, 3.8) is 0 Å². The molecule has 6 nitrogen and oxygen atoms in total. The van der Waals surface area contributed by atoms with Crippen molar-refractivity contribution in [2.75, 3.05) is 19.8 Å². The van der Waals surface area contributed by atoms with Gasteiger partial charge in [0.15, 0.2) is 0 Å². The standard InChI is InChI=1S/C13H18N2O4S/c1-8(2)12-14-6-10(20-12)13(18)15-3-4-19-7-9(15)5-11(16)17/h6,8-9H,3-5,7H2,1-2H3,(H,16,17)/t9-/m1/s1. The summed E-state index contributed by atoms with van der Waals surface area (Å²) in [6.07, 6.45) is 1.48. The van der Waals surface area contributed by atoms with Crippen LogP contribution in [0.3, 0.4) is 0 Å². The third-order valence-corrected chi connectivity index (χ3v) is 4.41. The lowest BCUT2D eigenvalue weighted by Gasteiger charge is -2.34. The Kier molecular flexibility index (Phi) is 4.72. The minimum absolute atomic E-state index is 0.0957. The molecule has 1 saturated heterocycles. The summed E-state index contributed by atoms with van der Waals surface area (Å²) in [5, 5.41) is 9.82. The van der Waals surface area contributed by atoms with Gasteiger partial charge in [-0.05, 0) is 0 Å². The number of carboxylic acid groups (broad SMARTS) is 1. The highest BCUT2D eigenvalue weighted by atomic mass is 32.1. The molecule has 20 heavy (non-hydrogen) atoms. The molecule has 7 heteroatoms. The Balaban J connectivity index is 2.13. The van der Waals surface area contributed by atoms with E-state index in [-0.39, 0.29) is 24.9 Å². The van der Waals surface area contributed by atoms with Gasteiger partial charge in [-0.15, -0.1) is 11.3 Å². The van der Waals surface area contributed by atoms with Gasteiger partial charge in [0.05, 0.1) is 36.9 Å². The lowest BCUT2D eigenvalue weighted by Crippen LogP contribution is -2.49. The number of morpholine rings is 1. The number of nitrogens with zero attached hydrogens (tertiary/aromatic N) is 2. The second-order valence-corrected chi connectivity index (χ2v) is 6.10. The van der Waals surface area contributed by atoms with Gasteiger partial charge < -0.3 is 14.7 Å². The smallest absolute Gasteiger partial charge is 0.305 e. The molecule has 1 aromatic rings. The van der Waals surface area contributed by atoms with Crippen LogP contribution in [0.1, 0.15) is 40.9 Å². The Morgan fingerprint density at radius 3 is 2.95 bits per heavy atom. The summed E-state index contributed by atoms with van der Waals surface area (Å²) in [6.45, 7) is 5.18. The summed E-state index contributed by atoms with van der Waals surface area (Å²) in [6, 6.07) is -0.404. The average molecular weight is 298 g/mol. The van der Waals surface area contributed by atoms with E-state index in [1.54, 1.807) is 11.1 Å². The molecular formula is C13H18N2O4S. The Bertz CT molecular complexity index is 500. The van der Waals surface area contributed by atoms with Crippen molar-refractivity contribution in [3.05, 3.63) is 16.1 Å². The van der Waals surface area contributed by atoms with E-state index in [1.165, 1.54) is 11.3 Å². The molecule has 1 atom stereocenters. The number of hydrogen-bond acceptors (Lipinski definition) is 5. The highest BCUT2D eigenvalue weighted by Gasteiger charge is 2.30. The van der Waals surface area contributed by atoms with Gasteiger partial charge in [0.25, 0.3) is 5.91 Å². The molecule has 2 heterocycles. The Hall–Kier alpha value is -1.47. The van der Waals surface area contributed by atoms with Crippen LogP contribution in [0.15, 0.2) is 6.20 Å². The predicted molar refractivity (Wildman–Crippen MR) is 74.1 cm³/mol. The van der Waals surface area contributed by atoms with E-state index in [0.717, 1.165) is 5.01 Å². The summed E-state index contributed by atoms with van der Waals surface area (Å²) < 4.78 is 5.27. The van der Waals surface area contributed by atoms with Crippen molar-refractivity contribution in [1.82, 2.24) is 9.88 Å². The summed E-state index contributed by atoms with van der Waals surface area (Å²) in [5.74, 6) is -0.796. The fourth-order valence-electron chi connectivity index (χ4n) is 2.09. The zero-order valence-corrected chi connectivity index (χ0v) is 12.4. The van der Waals surface area contributed by atoms with Gasteiger partial charge in [-0.3, -0.25) is 9.59 Å². The molecule has 0 unspecified atom stereocenters. The molecule has 0 aromatic carbocycles. The van der Waals surface area contributed by atoms with E-state index in [4.69, 9.17) is 9.84 Å². The molecular weight excluding hydrogens is 280 g/mol. The topological polar surface area (TPSA) is 79.7 Å². The van der Waals surface area contributed by atoms with Crippen LogP contribution in [0.4, 0.5) is 0 Å². The Morgan fingerprint density at radius 1 is 1.60 bits per heavy atom. The predicted octanol–water partition coefficient (Wildman–Crippen LogP) is 1.58. The van der Waals surface area contributed by atoms with Gasteiger partial charge in [-0.25, -0.2) is 4.98 Å². The fourth-order valence-corrected chi connectivity index (χ4v) is 2.96. The minimum atomic E-state index is -0.925. The van der Waals surface area contributed by atoms with Crippen molar-refractivity contribution in [3.8, 4) is 0 Å². The Labute approximate surface area is 121 Å². The normalized spacial score (nSPS) is 19.4. The number of amides is 1. The number of aromatic nitrogens is 1. The first-order valence-corrected chi connectivity index (χ1v) is 7.37. The quantitative estimate of drug-likeness (QED) is 0.913. The van der Waals surface area contributed by atoms with Crippen LogP contribution in [-0.4, -0.2) is 52.7 Å². The van der Waals surface area contributed by atoms with Crippen LogP contribution >= 0.6 is 11.3 Å². The largest absolute Gasteiger partial charge is 0.481 e. The summed E-state index contributed by atoms with van der Waals surface area (Å²) >= 11 is 1.37. The van der Waals surface area contributed by atoms with Crippen LogP contribution in [0.25, 0.3) is 0 Å². The summed E-state index contributed by atoms with van der Waals surface area (Å²) in [5.41, 5.74) is 0. The molecule has 110 valence electrons. The van der Waals surface area contributed by atoms with Gasteiger partial charge in [0.2, 0.25) is 0 Å². The number of carbonyl (C=O) groups excluding carboxylic acids is 1. The van der Waals surface area contributed by atoms with Crippen molar-refractivity contribution < 1.29 is 19.4 Å². The molecule has 0 spiro atoms. The highest BCUT2D eigenvalue weighted by Crippen LogP contribution is 2.24. The maximum atomic E-state index is 12.5. The number of ether oxygens (including phenoxy) is 1. The van der Waals surface area contributed by atoms with Gasteiger partial charge >= 0.3 is 5.97 Å². The molecule has 1 N–H and O–H groups in total. The SMILES string of the molecule is CC(C)c1ncc(C(=O)N2CCOC[C@H]2CC(=O)O)s1. The van der Waals surface area contributed by atoms with Crippen molar-refractivity contribution >= 4 is 23.2 Å². The van der Waals surface area contributed by atoms with E-state index in [0.29, 0.717) is 18.0 Å². The average Bonchev–Trinajstić information content (AvgIpc) is 2.87.